The maximum absolute atomic E-state index is 12.7. The largest absolute Gasteiger partial charge is 0.444 e. The third-order valence-electron chi connectivity index (χ3n) is 1.30. The van der Waals surface area contributed by atoms with Gasteiger partial charge in [-0.1, -0.05) is 15.9 Å². The van der Waals surface area contributed by atoms with Crippen LogP contribution in [0.5, 0.6) is 0 Å². The molecule has 0 aliphatic heterocycles. The van der Waals surface area contributed by atoms with Crippen LogP contribution in [0.4, 0.5) is 22.0 Å². The highest BCUT2D eigenvalue weighted by Crippen LogP contribution is 2.37. The molecule has 1 unspecified atom stereocenters. The van der Waals surface area contributed by atoms with Gasteiger partial charge in [0.15, 0.2) is 0 Å². The predicted octanol–water partition coefficient (Wildman–Crippen LogP) is 1.34. The first-order chi connectivity index (χ1) is 7.34. The smallest absolute Gasteiger partial charge is 0.432 e. The Morgan fingerprint density at radius 3 is 1.94 bits per heavy atom. The standard InChI is InChI=1S/C5H4BrF5O5S/c6-1-2(12)16-3(4(7,8)9)5(10,11)17(13,14)15/h3H,1H2,(H,13,14,15). The van der Waals surface area contributed by atoms with Crippen molar-refractivity contribution in [3.05, 3.63) is 0 Å². The molecule has 0 aliphatic rings. The quantitative estimate of drug-likeness (QED) is 0.358. The summed E-state index contributed by atoms with van der Waals surface area (Å²) in [5, 5.41) is -6.55. The summed E-state index contributed by atoms with van der Waals surface area (Å²) in [6.45, 7) is 0. The van der Waals surface area contributed by atoms with Gasteiger partial charge >= 0.3 is 27.5 Å². The van der Waals surface area contributed by atoms with Crippen LogP contribution >= 0.6 is 15.9 Å². The Hall–Kier alpha value is -0.490. The van der Waals surface area contributed by atoms with Crippen molar-refractivity contribution < 1.29 is 44.5 Å². The fourth-order valence-electron chi connectivity index (χ4n) is 0.624. The van der Waals surface area contributed by atoms with Gasteiger partial charge in [-0.3, -0.25) is 9.35 Å². The lowest BCUT2D eigenvalue weighted by Crippen LogP contribution is -2.52. The fourth-order valence-corrected chi connectivity index (χ4v) is 1.21. The highest BCUT2D eigenvalue weighted by atomic mass is 79.9. The first-order valence-electron chi connectivity index (χ1n) is 3.51. The van der Waals surface area contributed by atoms with Crippen LogP contribution in [0.1, 0.15) is 0 Å². The van der Waals surface area contributed by atoms with E-state index in [0.29, 0.717) is 0 Å². The third-order valence-corrected chi connectivity index (χ3v) is 2.66. The molecule has 0 aromatic carbocycles. The SMILES string of the molecule is O=C(CBr)OC(C(F)(F)F)C(F)(F)S(=O)(=O)O. The van der Waals surface area contributed by atoms with Gasteiger partial charge in [-0.2, -0.15) is 30.4 Å². The van der Waals surface area contributed by atoms with Gasteiger partial charge in [-0.05, 0) is 0 Å². The van der Waals surface area contributed by atoms with E-state index in [-0.39, 0.29) is 0 Å². The van der Waals surface area contributed by atoms with Crippen molar-refractivity contribution in [2.24, 2.45) is 0 Å². The molecular formula is C5H4BrF5O5S. The number of rotatable bonds is 4. The molecule has 17 heavy (non-hydrogen) atoms. The van der Waals surface area contributed by atoms with Crippen molar-refractivity contribution in [3.8, 4) is 0 Å². The van der Waals surface area contributed by atoms with Crippen LogP contribution < -0.4 is 0 Å². The lowest BCUT2D eigenvalue weighted by atomic mass is 10.3. The van der Waals surface area contributed by atoms with Crippen molar-refractivity contribution in [2.75, 3.05) is 5.33 Å². The molecule has 0 amide bonds. The minimum atomic E-state index is -6.38. The Balaban J connectivity index is 5.43. The molecule has 1 N–H and O–H groups in total. The van der Waals surface area contributed by atoms with E-state index in [0.717, 1.165) is 0 Å². The molecule has 5 nitrogen and oxygen atoms in total. The number of halogens is 6. The summed E-state index contributed by atoms with van der Waals surface area (Å²) in [4.78, 5) is 10.5. The molecule has 0 aromatic rings. The molecular weight excluding hydrogens is 347 g/mol. The second-order valence-corrected chi connectivity index (χ2v) is 4.64. The highest BCUT2D eigenvalue weighted by molar-refractivity contribution is 9.09. The second kappa shape index (κ2) is 5.02. The van der Waals surface area contributed by atoms with E-state index < -0.39 is 39.0 Å². The van der Waals surface area contributed by atoms with Gasteiger partial charge < -0.3 is 4.74 Å². The summed E-state index contributed by atoms with van der Waals surface area (Å²) >= 11 is 2.33. The second-order valence-electron chi connectivity index (χ2n) is 2.58. The average molecular weight is 351 g/mol. The molecule has 0 rings (SSSR count). The number of esters is 1. The molecule has 0 radical (unpaired) electrons. The number of carbonyl (C=O) groups excluding carboxylic acids is 1. The number of alkyl halides is 6. The first kappa shape index (κ1) is 16.5. The van der Waals surface area contributed by atoms with Crippen molar-refractivity contribution in [2.45, 2.75) is 17.5 Å². The monoisotopic (exact) mass is 350 g/mol. The van der Waals surface area contributed by atoms with E-state index in [9.17, 15) is 35.2 Å². The molecule has 12 heteroatoms. The zero-order valence-electron chi connectivity index (χ0n) is 7.54. The Bertz CT molecular complexity index is 390. The molecule has 0 aliphatic carbocycles. The van der Waals surface area contributed by atoms with Crippen LogP contribution in [0.15, 0.2) is 0 Å². The predicted molar refractivity (Wildman–Crippen MR) is 46.2 cm³/mol. The summed E-state index contributed by atoms with van der Waals surface area (Å²) in [5.41, 5.74) is 0. The van der Waals surface area contributed by atoms with E-state index in [1.54, 1.807) is 0 Å². The van der Waals surface area contributed by atoms with Gasteiger partial charge in [0.1, 0.15) is 5.33 Å². The molecule has 0 saturated carbocycles. The molecule has 0 aromatic heterocycles. The van der Waals surface area contributed by atoms with E-state index in [1.807, 2.05) is 0 Å². The van der Waals surface area contributed by atoms with E-state index >= 15 is 0 Å². The Morgan fingerprint density at radius 2 is 1.71 bits per heavy atom. The number of hydrogen-bond donors (Lipinski definition) is 1. The van der Waals surface area contributed by atoms with Gasteiger partial charge in [0.25, 0.3) is 6.10 Å². The summed E-state index contributed by atoms with van der Waals surface area (Å²) in [5.74, 6) is -1.77. The van der Waals surface area contributed by atoms with Crippen LogP contribution in [-0.4, -0.2) is 41.8 Å². The molecule has 0 heterocycles. The zero-order valence-corrected chi connectivity index (χ0v) is 9.94. The Kier molecular flexibility index (Phi) is 4.87. The number of ether oxygens (including phenoxy) is 1. The topological polar surface area (TPSA) is 80.7 Å². The minimum absolute atomic E-state index is 0.860. The minimum Gasteiger partial charge on any atom is -0.444 e. The average Bonchev–Trinajstić information content (AvgIpc) is 2.09. The van der Waals surface area contributed by atoms with E-state index in [1.165, 1.54) is 0 Å². The van der Waals surface area contributed by atoms with Crippen molar-refractivity contribution >= 4 is 32.0 Å². The zero-order chi connectivity index (χ0) is 14.1. The molecule has 1 atom stereocenters. The van der Waals surface area contributed by atoms with Crippen molar-refractivity contribution in [3.63, 3.8) is 0 Å². The summed E-state index contributed by atoms with van der Waals surface area (Å²) < 4.78 is 93.2. The lowest BCUT2D eigenvalue weighted by Gasteiger charge is -2.25. The summed E-state index contributed by atoms with van der Waals surface area (Å²) in [7, 11) is -6.38. The van der Waals surface area contributed by atoms with Crippen LogP contribution in [0, 0.1) is 0 Å². The summed E-state index contributed by atoms with van der Waals surface area (Å²) in [6, 6.07) is 0. The molecule has 102 valence electrons. The molecule has 0 spiro atoms. The van der Waals surface area contributed by atoms with Gasteiger partial charge in [0.05, 0.1) is 0 Å². The van der Waals surface area contributed by atoms with E-state index in [2.05, 4.69) is 20.7 Å². The number of hydrogen-bond acceptors (Lipinski definition) is 4. The van der Waals surface area contributed by atoms with Crippen LogP contribution in [0.2, 0.25) is 0 Å². The van der Waals surface area contributed by atoms with E-state index in [4.69, 9.17) is 4.55 Å². The third kappa shape index (κ3) is 4.03. The normalized spacial score (nSPS) is 15.5. The first-order valence-corrected chi connectivity index (χ1v) is 6.07. The van der Waals surface area contributed by atoms with Gasteiger partial charge in [0.2, 0.25) is 0 Å². The van der Waals surface area contributed by atoms with Crippen LogP contribution in [-0.2, 0) is 19.6 Å². The van der Waals surface area contributed by atoms with Crippen LogP contribution in [0.25, 0.3) is 0 Å². The highest BCUT2D eigenvalue weighted by Gasteiger charge is 2.65. The molecule has 0 saturated heterocycles. The van der Waals surface area contributed by atoms with Gasteiger partial charge in [-0.15, -0.1) is 0 Å². The Morgan fingerprint density at radius 1 is 1.29 bits per heavy atom. The van der Waals surface area contributed by atoms with Gasteiger partial charge in [-0.25, -0.2) is 0 Å². The number of carbonyl (C=O) groups is 1. The van der Waals surface area contributed by atoms with Crippen molar-refractivity contribution in [1.82, 2.24) is 0 Å². The molecule has 0 fully saturated rings. The fraction of sp³-hybridized carbons (Fsp3) is 0.800. The summed E-state index contributed by atoms with van der Waals surface area (Å²) in [6.07, 6.45) is -10.1. The molecule has 0 bridgehead atoms. The van der Waals surface area contributed by atoms with Crippen molar-refractivity contribution in [1.29, 1.82) is 0 Å². The van der Waals surface area contributed by atoms with Gasteiger partial charge in [0, 0.05) is 0 Å². The lowest BCUT2D eigenvalue weighted by molar-refractivity contribution is -0.258. The maximum atomic E-state index is 12.7. The Labute approximate surface area is 99.8 Å². The van der Waals surface area contributed by atoms with Crippen LogP contribution in [0.3, 0.4) is 0 Å². The maximum Gasteiger partial charge on any atom is 0.432 e.